The average molecular weight is 592 g/mol. The minimum Gasteiger partial charge on any atom is -0.494 e. The molecule has 4 aromatic rings. The van der Waals surface area contributed by atoms with E-state index in [1.165, 1.54) is 12.8 Å². The van der Waals surface area contributed by atoms with E-state index in [0.29, 0.717) is 18.6 Å². The van der Waals surface area contributed by atoms with E-state index in [9.17, 15) is 8.42 Å². The summed E-state index contributed by atoms with van der Waals surface area (Å²) in [4.78, 5) is 11.5. The van der Waals surface area contributed by atoms with E-state index in [1.807, 2.05) is 76.4 Å². The Labute approximate surface area is 246 Å². The van der Waals surface area contributed by atoms with Crippen LogP contribution in [0.4, 0.5) is 11.6 Å². The first-order valence-electron chi connectivity index (χ1n) is 13.9. The fourth-order valence-corrected chi connectivity index (χ4v) is 7.26. The Hall–Kier alpha value is -3.31. The highest BCUT2D eigenvalue weighted by molar-refractivity contribution is 7.89. The van der Waals surface area contributed by atoms with Crippen LogP contribution in [-0.2, 0) is 10.0 Å². The molecule has 1 aliphatic rings. The number of sulfonamides is 1. The number of ether oxygens (including phenoxy) is 1. The smallest absolute Gasteiger partial charge is 0.241 e. The molecule has 0 radical (unpaired) electrons. The van der Waals surface area contributed by atoms with E-state index >= 15 is 0 Å². The molecule has 2 aromatic carbocycles. The quantitative estimate of drug-likeness (QED) is 0.193. The topological polar surface area (TPSA) is 105 Å². The van der Waals surface area contributed by atoms with Crippen molar-refractivity contribution in [2.24, 2.45) is 0 Å². The molecule has 0 saturated carbocycles. The number of benzene rings is 2. The second kappa shape index (κ2) is 12.3. The molecule has 216 valence electrons. The highest BCUT2D eigenvalue weighted by atomic mass is 32.2. The molecule has 3 heterocycles. The fraction of sp³-hybridized carbons (Fsp3) is 0.355. The van der Waals surface area contributed by atoms with Crippen molar-refractivity contribution in [1.29, 1.82) is 0 Å². The van der Waals surface area contributed by atoms with E-state index in [0.717, 1.165) is 51.0 Å². The summed E-state index contributed by atoms with van der Waals surface area (Å²) in [5.74, 6) is 1.35. The Balaban J connectivity index is 1.27. The molecule has 1 aliphatic heterocycles. The normalized spacial score (nSPS) is 15.7. The highest BCUT2D eigenvalue weighted by Gasteiger charge is 2.22. The number of aryl methyl sites for hydroxylation is 1. The second-order valence-corrected chi connectivity index (χ2v) is 14.1. The van der Waals surface area contributed by atoms with Crippen LogP contribution in [0.3, 0.4) is 0 Å². The van der Waals surface area contributed by atoms with Crippen molar-refractivity contribution < 1.29 is 13.2 Å². The molecule has 1 fully saturated rings. The summed E-state index contributed by atoms with van der Waals surface area (Å²) in [6, 6.07) is 19.4. The van der Waals surface area contributed by atoms with Gasteiger partial charge in [0.15, 0.2) is 0 Å². The van der Waals surface area contributed by atoms with Gasteiger partial charge in [-0.05, 0) is 113 Å². The van der Waals surface area contributed by atoms with Gasteiger partial charge in [0.25, 0.3) is 0 Å². The molecule has 3 N–H and O–H groups in total. The first-order valence-corrected chi connectivity index (χ1v) is 16.2. The highest BCUT2D eigenvalue weighted by Crippen LogP contribution is 2.36. The maximum absolute atomic E-state index is 12.9. The lowest BCUT2D eigenvalue weighted by Crippen LogP contribution is -2.40. The van der Waals surface area contributed by atoms with Gasteiger partial charge in [-0.1, -0.05) is 12.1 Å². The van der Waals surface area contributed by atoms with Crippen molar-refractivity contribution in [3.05, 3.63) is 72.4 Å². The fourth-order valence-electron chi connectivity index (χ4n) is 4.74. The van der Waals surface area contributed by atoms with Gasteiger partial charge in [-0.2, -0.15) is 0 Å². The van der Waals surface area contributed by atoms with Crippen molar-refractivity contribution in [2.45, 2.75) is 63.4 Å². The van der Waals surface area contributed by atoms with Gasteiger partial charge < -0.3 is 15.4 Å². The van der Waals surface area contributed by atoms with Crippen molar-refractivity contribution in [2.75, 3.05) is 18.5 Å². The van der Waals surface area contributed by atoms with E-state index in [1.54, 1.807) is 29.5 Å². The van der Waals surface area contributed by atoms with E-state index in [2.05, 4.69) is 20.3 Å². The van der Waals surface area contributed by atoms with Gasteiger partial charge in [-0.3, -0.25) is 0 Å². The standard InChI is InChI=1S/C31H37N5O3S2/c1-21-20-33-30(34-24-10-12-25(13-11-24)39-18-16-23-8-6-17-32-23)35-29(21)28-15-14-27(40-28)22-7-5-9-26(19-22)41(37,38)36-31(2,3)4/h5,7,9-15,19-20,23,32,36H,6,8,16-18H2,1-4H3,(H,33,34,35). The molecular formula is C31H37N5O3S2. The minimum atomic E-state index is -3.63. The Kier molecular flexibility index (Phi) is 8.74. The van der Waals surface area contributed by atoms with Gasteiger partial charge in [0.05, 0.1) is 22.1 Å². The summed E-state index contributed by atoms with van der Waals surface area (Å²) in [7, 11) is -3.63. The summed E-state index contributed by atoms with van der Waals surface area (Å²) in [6.45, 7) is 9.27. The molecule has 41 heavy (non-hydrogen) atoms. The van der Waals surface area contributed by atoms with Crippen LogP contribution < -0.4 is 20.1 Å². The van der Waals surface area contributed by atoms with Crippen molar-refractivity contribution in [3.63, 3.8) is 0 Å². The summed E-state index contributed by atoms with van der Waals surface area (Å²) in [5.41, 5.74) is 2.93. The van der Waals surface area contributed by atoms with Gasteiger partial charge in [0, 0.05) is 28.3 Å². The number of hydrogen-bond donors (Lipinski definition) is 3. The SMILES string of the molecule is Cc1cnc(Nc2ccc(OCCC3CCCN3)cc2)nc1-c1ccc(-c2cccc(S(=O)(=O)NC(C)(C)C)c2)s1. The van der Waals surface area contributed by atoms with Crippen LogP contribution in [0, 0.1) is 6.92 Å². The average Bonchev–Trinajstić information content (AvgIpc) is 3.62. The number of nitrogens with one attached hydrogen (secondary N) is 3. The number of aromatic nitrogens is 2. The predicted molar refractivity (Wildman–Crippen MR) is 166 cm³/mol. The predicted octanol–water partition coefficient (Wildman–Crippen LogP) is 6.52. The largest absolute Gasteiger partial charge is 0.494 e. The zero-order valence-corrected chi connectivity index (χ0v) is 25.5. The maximum atomic E-state index is 12.9. The summed E-state index contributed by atoms with van der Waals surface area (Å²) in [5, 5.41) is 6.79. The van der Waals surface area contributed by atoms with Crippen LogP contribution >= 0.6 is 11.3 Å². The van der Waals surface area contributed by atoms with Gasteiger partial charge in [0.1, 0.15) is 5.75 Å². The van der Waals surface area contributed by atoms with Crippen LogP contribution in [0.5, 0.6) is 5.75 Å². The van der Waals surface area contributed by atoms with Gasteiger partial charge >= 0.3 is 0 Å². The van der Waals surface area contributed by atoms with E-state index < -0.39 is 15.6 Å². The zero-order valence-electron chi connectivity index (χ0n) is 23.9. The third-order valence-electron chi connectivity index (χ3n) is 6.69. The lowest BCUT2D eigenvalue weighted by atomic mass is 10.1. The number of hydrogen-bond acceptors (Lipinski definition) is 8. The third-order valence-corrected chi connectivity index (χ3v) is 9.59. The van der Waals surface area contributed by atoms with E-state index in [-0.39, 0.29) is 4.90 Å². The summed E-state index contributed by atoms with van der Waals surface area (Å²) in [6.07, 6.45) is 5.30. The number of anilines is 2. The van der Waals surface area contributed by atoms with Gasteiger partial charge in [-0.15, -0.1) is 11.3 Å². The molecule has 0 spiro atoms. The van der Waals surface area contributed by atoms with Crippen molar-refractivity contribution in [3.8, 4) is 26.8 Å². The minimum absolute atomic E-state index is 0.242. The second-order valence-electron chi connectivity index (χ2n) is 11.4. The van der Waals surface area contributed by atoms with Crippen LogP contribution in [0.2, 0.25) is 0 Å². The first kappa shape index (κ1) is 29.2. The molecule has 1 saturated heterocycles. The van der Waals surface area contributed by atoms with Gasteiger partial charge in [-0.25, -0.2) is 23.1 Å². The number of rotatable bonds is 10. The van der Waals surface area contributed by atoms with Crippen molar-refractivity contribution in [1.82, 2.24) is 20.0 Å². The van der Waals surface area contributed by atoms with Crippen LogP contribution in [-0.4, -0.2) is 43.1 Å². The molecule has 1 atom stereocenters. The monoisotopic (exact) mass is 591 g/mol. The molecule has 10 heteroatoms. The number of thiophene rings is 1. The van der Waals surface area contributed by atoms with Crippen molar-refractivity contribution >= 4 is 33.0 Å². The first-order chi connectivity index (χ1) is 19.6. The lowest BCUT2D eigenvalue weighted by Gasteiger charge is -2.20. The Bertz CT molecular complexity index is 1590. The zero-order chi connectivity index (χ0) is 29.0. The van der Waals surface area contributed by atoms with Crippen LogP contribution in [0.25, 0.3) is 21.0 Å². The molecule has 1 unspecified atom stereocenters. The summed E-state index contributed by atoms with van der Waals surface area (Å²) >= 11 is 1.56. The van der Waals surface area contributed by atoms with Crippen LogP contribution in [0.1, 0.15) is 45.6 Å². The summed E-state index contributed by atoms with van der Waals surface area (Å²) < 4.78 is 34.4. The molecule has 2 aromatic heterocycles. The Morgan fingerprint density at radius 3 is 2.59 bits per heavy atom. The Morgan fingerprint density at radius 2 is 1.85 bits per heavy atom. The Morgan fingerprint density at radius 1 is 1.07 bits per heavy atom. The van der Waals surface area contributed by atoms with Crippen LogP contribution in [0.15, 0.2) is 71.8 Å². The molecule has 8 nitrogen and oxygen atoms in total. The molecule has 5 rings (SSSR count). The molecule has 0 bridgehead atoms. The third kappa shape index (κ3) is 7.71. The molecular weight excluding hydrogens is 555 g/mol. The lowest BCUT2D eigenvalue weighted by molar-refractivity contribution is 0.292. The van der Waals surface area contributed by atoms with Gasteiger partial charge in [0.2, 0.25) is 16.0 Å². The number of nitrogens with zero attached hydrogens (tertiary/aromatic N) is 2. The molecule has 0 amide bonds. The molecule has 0 aliphatic carbocycles. The maximum Gasteiger partial charge on any atom is 0.241 e. The van der Waals surface area contributed by atoms with E-state index in [4.69, 9.17) is 9.72 Å².